The molecule has 0 aliphatic rings. The number of ether oxygens (including phenoxy) is 2. The maximum Gasteiger partial charge on any atom is 0.340 e. The summed E-state index contributed by atoms with van der Waals surface area (Å²) in [6.45, 7) is 0. The van der Waals surface area contributed by atoms with Gasteiger partial charge in [0, 0.05) is 0 Å². The molecular weight excluding hydrogens is 190 g/mol. The van der Waals surface area contributed by atoms with Gasteiger partial charge in [-0.05, 0) is 0 Å². The number of methoxy groups -OCH3 is 2. The molecule has 1 heterocycles. The standard InChI is InChI=1S/C8H9NO5/c1-13-7(10)5-3-9(12)4-6(5)8(11)14-2/h3-4,12H,1-2H3. The molecule has 0 fully saturated rings. The second-order valence-electron chi connectivity index (χ2n) is 2.45. The molecule has 0 saturated carbocycles. The smallest absolute Gasteiger partial charge is 0.340 e. The van der Waals surface area contributed by atoms with Gasteiger partial charge in [0.05, 0.1) is 37.7 Å². The molecular formula is C8H9NO5. The molecule has 0 radical (unpaired) electrons. The molecule has 6 heteroatoms. The highest BCUT2D eigenvalue weighted by atomic mass is 16.5. The van der Waals surface area contributed by atoms with Crippen molar-refractivity contribution >= 4 is 11.9 Å². The van der Waals surface area contributed by atoms with Crippen molar-refractivity contribution in [3.63, 3.8) is 0 Å². The number of hydrogen-bond donors (Lipinski definition) is 1. The lowest BCUT2D eigenvalue weighted by atomic mass is 10.2. The third-order valence-corrected chi connectivity index (χ3v) is 1.62. The van der Waals surface area contributed by atoms with E-state index in [2.05, 4.69) is 9.47 Å². The van der Waals surface area contributed by atoms with Crippen molar-refractivity contribution < 1.29 is 24.3 Å². The van der Waals surface area contributed by atoms with Crippen LogP contribution < -0.4 is 0 Å². The fraction of sp³-hybridized carbons (Fsp3) is 0.250. The van der Waals surface area contributed by atoms with Gasteiger partial charge in [-0.25, -0.2) is 14.3 Å². The van der Waals surface area contributed by atoms with Crippen LogP contribution in [0.15, 0.2) is 12.4 Å². The van der Waals surface area contributed by atoms with Crippen LogP contribution in [0.3, 0.4) is 0 Å². The molecule has 14 heavy (non-hydrogen) atoms. The van der Waals surface area contributed by atoms with E-state index in [1.54, 1.807) is 0 Å². The van der Waals surface area contributed by atoms with Gasteiger partial charge < -0.3 is 14.7 Å². The molecule has 0 atom stereocenters. The van der Waals surface area contributed by atoms with Gasteiger partial charge in [0.1, 0.15) is 0 Å². The summed E-state index contributed by atoms with van der Waals surface area (Å²) >= 11 is 0. The van der Waals surface area contributed by atoms with Crippen molar-refractivity contribution in [1.29, 1.82) is 0 Å². The number of esters is 2. The van der Waals surface area contributed by atoms with Gasteiger partial charge in [-0.1, -0.05) is 0 Å². The highest BCUT2D eigenvalue weighted by Gasteiger charge is 2.21. The van der Waals surface area contributed by atoms with E-state index < -0.39 is 11.9 Å². The van der Waals surface area contributed by atoms with Crippen LogP contribution in [0.5, 0.6) is 0 Å². The predicted molar refractivity (Wildman–Crippen MR) is 44.3 cm³/mol. The van der Waals surface area contributed by atoms with Crippen LogP contribution in [0.4, 0.5) is 0 Å². The van der Waals surface area contributed by atoms with Gasteiger partial charge in [0.15, 0.2) is 0 Å². The molecule has 0 amide bonds. The van der Waals surface area contributed by atoms with Crippen LogP contribution in [0.25, 0.3) is 0 Å². The number of carbonyl (C=O) groups excluding carboxylic acids is 2. The van der Waals surface area contributed by atoms with Gasteiger partial charge in [0.25, 0.3) is 0 Å². The zero-order chi connectivity index (χ0) is 10.7. The number of rotatable bonds is 2. The number of hydrogen-bond acceptors (Lipinski definition) is 5. The third kappa shape index (κ3) is 1.68. The zero-order valence-corrected chi connectivity index (χ0v) is 7.68. The summed E-state index contributed by atoms with van der Waals surface area (Å²) in [5.41, 5.74) is -0.0799. The SMILES string of the molecule is COC(=O)c1cn(O)cc1C(=O)OC. The van der Waals surface area contributed by atoms with E-state index in [1.165, 1.54) is 14.2 Å². The van der Waals surface area contributed by atoms with Gasteiger partial charge in [-0.2, -0.15) is 0 Å². The van der Waals surface area contributed by atoms with Crippen molar-refractivity contribution in [2.45, 2.75) is 0 Å². The maximum atomic E-state index is 11.1. The highest BCUT2D eigenvalue weighted by Crippen LogP contribution is 2.12. The number of nitrogens with zero attached hydrogens (tertiary/aromatic N) is 1. The lowest BCUT2D eigenvalue weighted by Gasteiger charge is -1.98. The topological polar surface area (TPSA) is 77.8 Å². The lowest BCUT2D eigenvalue weighted by molar-refractivity contribution is 0.0556. The Balaban J connectivity index is 3.15. The Kier molecular flexibility index (Phi) is 2.76. The van der Waals surface area contributed by atoms with Crippen LogP contribution in [0, 0.1) is 0 Å². The van der Waals surface area contributed by atoms with Gasteiger partial charge in [-0.3, -0.25) is 0 Å². The molecule has 1 aromatic rings. The Bertz CT molecular complexity index is 334. The minimum atomic E-state index is -0.710. The summed E-state index contributed by atoms with van der Waals surface area (Å²) in [6, 6.07) is 0. The second kappa shape index (κ2) is 3.82. The van der Waals surface area contributed by atoms with Crippen molar-refractivity contribution in [2.24, 2.45) is 0 Å². The normalized spacial score (nSPS) is 9.57. The summed E-state index contributed by atoms with van der Waals surface area (Å²) in [5.74, 6) is -1.42. The van der Waals surface area contributed by atoms with E-state index in [9.17, 15) is 9.59 Å². The molecule has 76 valence electrons. The van der Waals surface area contributed by atoms with Crippen LogP contribution in [-0.4, -0.2) is 36.1 Å². The van der Waals surface area contributed by atoms with E-state index in [0.717, 1.165) is 12.4 Å². The Morgan fingerprint density at radius 3 is 1.79 bits per heavy atom. The van der Waals surface area contributed by atoms with Gasteiger partial charge >= 0.3 is 11.9 Å². The van der Waals surface area contributed by atoms with Crippen LogP contribution in [-0.2, 0) is 9.47 Å². The quantitative estimate of drug-likeness (QED) is 0.547. The first-order valence-corrected chi connectivity index (χ1v) is 3.68. The van der Waals surface area contributed by atoms with E-state index in [4.69, 9.17) is 5.21 Å². The largest absolute Gasteiger partial charge is 0.465 e. The molecule has 0 aliphatic carbocycles. The molecule has 6 nitrogen and oxygen atoms in total. The lowest BCUT2D eigenvalue weighted by Crippen LogP contribution is -2.08. The van der Waals surface area contributed by atoms with E-state index in [-0.39, 0.29) is 11.1 Å². The van der Waals surface area contributed by atoms with Gasteiger partial charge in [-0.15, -0.1) is 0 Å². The monoisotopic (exact) mass is 199 g/mol. The summed E-state index contributed by atoms with van der Waals surface area (Å²) in [5, 5.41) is 9.02. The summed E-state index contributed by atoms with van der Waals surface area (Å²) < 4.78 is 9.42. The van der Waals surface area contributed by atoms with Crippen molar-refractivity contribution in [3.8, 4) is 0 Å². The average Bonchev–Trinajstić information content (AvgIpc) is 2.58. The molecule has 0 aliphatic heterocycles. The molecule has 0 bridgehead atoms. The minimum Gasteiger partial charge on any atom is -0.465 e. The molecule has 0 spiro atoms. The summed E-state index contributed by atoms with van der Waals surface area (Å²) in [6.07, 6.45) is 2.14. The summed E-state index contributed by atoms with van der Waals surface area (Å²) in [4.78, 5) is 22.2. The number of aromatic nitrogens is 1. The maximum absolute atomic E-state index is 11.1. The Morgan fingerprint density at radius 1 is 1.14 bits per heavy atom. The molecule has 1 rings (SSSR count). The number of carbonyl (C=O) groups is 2. The fourth-order valence-corrected chi connectivity index (χ4v) is 0.986. The molecule has 0 unspecified atom stereocenters. The van der Waals surface area contributed by atoms with Crippen LogP contribution in [0.1, 0.15) is 20.7 Å². The first kappa shape index (κ1) is 10.1. The highest BCUT2D eigenvalue weighted by molar-refractivity contribution is 6.03. The van der Waals surface area contributed by atoms with Crippen molar-refractivity contribution in [3.05, 3.63) is 23.5 Å². The fourth-order valence-electron chi connectivity index (χ4n) is 0.986. The van der Waals surface area contributed by atoms with Gasteiger partial charge in [0.2, 0.25) is 0 Å². The Morgan fingerprint density at radius 2 is 1.50 bits per heavy atom. The first-order valence-electron chi connectivity index (χ1n) is 3.68. The van der Waals surface area contributed by atoms with E-state index >= 15 is 0 Å². The molecule has 0 aromatic carbocycles. The van der Waals surface area contributed by atoms with Crippen molar-refractivity contribution in [1.82, 2.24) is 4.73 Å². The van der Waals surface area contributed by atoms with Crippen molar-refractivity contribution in [2.75, 3.05) is 14.2 Å². The third-order valence-electron chi connectivity index (χ3n) is 1.62. The Hall–Kier alpha value is -1.98. The summed E-state index contributed by atoms with van der Waals surface area (Å²) in [7, 11) is 2.36. The van der Waals surface area contributed by atoms with E-state index in [1.807, 2.05) is 0 Å². The second-order valence-corrected chi connectivity index (χ2v) is 2.45. The molecule has 1 aromatic heterocycles. The molecule has 1 N–H and O–H groups in total. The Labute approximate surface area is 79.6 Å². The molecule has 0 saturated heterocycles. The average molecular weight is 199 g/mol. The minimum absolute atomic E-state index is 0.0400. The first-order chi connectivity index (χ1) is 6.60. The van der Waals surface area contributed by atoms with E-state index in [0.29, 0.717) is 4.73 Å². The van der Waals surface area contributed by atoms with Crippen LogP contribution in [0.2, 0.25) is 0 Å². The zero-order valence-electron chi connectivity index (χ0n) is 7.68. The predicted octanol–water partition coefficient (Wildman–Crippen LogP) is 0.299. The van der Waals surface area contributed by atoms with Crippen LogP contribution >= 0.6 is 0 Å².